The highest BCUT2D eigenvalue weighted by atomic mass is 35.5. The fourth-order valence-electron chi connectivity index (χ4n) is 2.94. The van der Waals surface area contributed by atoms with Crippen LogP contribution in [0.15, 0.2) is 53.4 Å². The molecule has 1 aliphatic heterocycles. The Morgan fingerprint density at radius 3 is 2.38 bits per heavy atom. The van der Waals surface area contributed by atoms with Crippen molar-refractivity contribution in [3.63, 3.8) is 0 Å². The van der Waals surface area contributed by atoms with Gasteiger partial charge in [0, 0.05) is 23.7 Å². The summed E-state index contributed by atoms with van der Waals surface area (Å²) in [6.07, 6.45) is 2.00. The van der Waals surface area contributed by atoms with Gasteiger partial charge in [-0.1, -0.05) is 24.6 Å². The van der Waals surface area contributed by atoms with Gasteiger partial charge in [0.25, 0.3) is 15.9 Å². The summed E-state index contributed by atoms with van der Waals surface area (Å²) in [5, 5.41) is 0.446. The molecule has 2 aromatic rings. The second-order valence-electron chi connectivity index (χ2n) is 6.61. The van der Waals surface area contributed by atoms with Gasteiger partial charge in [0.05, 0.1) is 10.6 Å². The first-order chi connectivity index (χ1) is 12.3. The average molecular weight is 393 g/mol. The quantitative estimate of drug-likeness (QED) is 0.854. The number of rotatable bonds is 4. The molecule has 0 aliphatic carbocycles. The van der Waals surface area contributed by atoms with Crippen LogP contribution >= 0.6 is 11.6 Å². The zero-order chi connectivity index (χ0) is 18.7. The summed E-state index contributed by atoms with van der Waals surface area (Å²) in [5.41, 5.74) is 0.890. The number of hydrogen-bond donors (Lipinski definition) is 1. The molecule has 1 aliphatic rings. The van der Waals surface area contributed by atoms with Gasteiger partial charge in [-0.3, -0.25) is 9.52 Å². The predicted octanol–water partition coefficient (Wildman–Crippen LogP) is 4.01. The zero-order valence-electron chi connectivity index (χ0n) is 14.5. The predicted molar refractivity (Wildman–Crippen MR) is 103 cm³/mol. The Balaban J connectivity index is 1.73. The Labute approximate surface area is 159 Å². The lowest BCUT2D eigenvalue weighted by Crippen LogP contribution is -2.37. The van der Waals surface area contributed by atoms with Crippen LogP contribution in [0.5, 0.6) is 0 Å². The molecule has 5 nitrogen and oxygen atoms in total. The average Bonchev–Trinajstić information content (AvgIpc) is 2.61. The second-order valence-corrected chi connectivity index (χ2v) is 8.73. The molecule has 1 amide bonds. The number of nitrogens with one attached hydrogen (secondary N) is 1. The highest BCUT2D eigenvalue weighted by Crippen LogP contribution is 2.21. The van der Waals surface area contributed by atoms with Crippen molar-refractivity contribution >= 4 is 33.2 Å². The van der Waals surface area contributed by atoms with Gasteiger partial charge in [0.1, 0.15) is 0 Å². The highest BCUT2D eigenvalue weighted by molar-refractivity contribution is 7.92. The molecule has 3 rings (SSSR count). The molecule has 0 aromatic heterocycles. The Morgan fingerprint density at radius 1 is 1.12 bits per heavy atom. The van der Waals surface area contributed by atoms with Crippen LogP contribution in [0.3, 0.4) is 0 Å². The van der Waals surface area contributed by atoms with E-state index < -0.39 is 10.0 Å². The Kier molecular flexibility index (Phi) is 5.53. The van der Waals surface area contributed by atoms with Crippen LogP contribution in [-0.4, -0.2) is 32.3 Å². The number of hydrogen-bond acceptors (Lipinski definition) is 3. The van der Waals surface area contributed by atoms with Crippen LogP contribution in [0.1, 0.15) is 30.1 Å². The van der Waals surface area contributed by atoms with Crippen LogP contribution in [-0.2, 0) is 10.0 Å². The van der Waals surface area contributed by atoms with Gasteiger partial charge in [-0.15, -0.1) is 0 Å². The van der Waals surface area contributed by atoms with Crippen molar-refractivity contribution in [1.29, 1.82) is 0 Å². The number of sulfonamides is 1. The van der Waals surface area contributed by atoms with Gasteiger partial charge in [0.15, 0.2) is 0 Å². The third-order valence-corrected chi connectivity index (χ3v) is 6.19. The van der Waals surface area contributed by atoms with E-state index in [4.69, 9.17) is 11.6 Å². The molecule has 0 spiro atoms. The maximum Gasteiger partial charge on any atom is 0.261 e. The first-order valence-electron chi connectivity index (χ1n) is 8.53. The van der Waals surface area contributed by atoms with Crippen molar-refractivity contribution < 1.29 is 13.2 Å². The first-order valence-corrected chi connectivity index (χ1v) is 10.4. The van der Waals surface area contributed by atoms with E-state index in [1.54, 1.807) is 30.3 Å². The molecule has 0 atom stereocenters. The number of benzene rings is 2. The van der Waals surface area contributed by atoms with Crippen LogP contribution in [0.25, 0.3) is 0 Å². The monoisotopic (exact) mass is 392 g/mol. The van der Waals surface area contributed by atoms with Gasteiger partial charge >= 0.3 is 0 Å². The number of carbonyl (C=O) groups is 1. The molecule has 0 bridgehead atoms. The van der Waals surface area contributed by atoms with E-state index >= 15 is 0 Å². The zero-order valence-corrected chi connectivity index (χ0v) is 16.1. The number of carbonyl (C=O) groups excluding carboxylic acids is 1. The van der Waals surface area contributed by atoms with E-state index in [0.29, 0.717) is 22.2 Å². The highest BCUT2D eigenvalue weighted by Gasteiger charge is 2.22. The van der Waals surface area contributed by atoms with E-state index in [-0.39, 0.29) is 10.8 Å². The molecule has 0 saturated carbocycles. The Hall–Kier alpha value is -2.05. The largest absolute Gasteiger partial charge is 0.339 e. The summed E-state index contributed by atoms with van der Waals surface area (Å²) in [6, 6.07) is 12.5. The van der Waals surface area contributed by atoms with Gasteiger partial charge in [0.2, 0.25) is 0 Å². The molecule has 1 N–H and O–H groups in total. The van der Waals surface area contributed by atoms with Crippen LogP contribution in [0, 0.1) is 5.92 Å². The van der Waals surface area contributed by atoms with E-state index in [1.807, 2.05) is 4.90 Å². The third kappa shape index (κ3) is 4.37. The lowest BCUT2D eigenvalue weighted by Gasteiger charge is -2.30. The summed E-state index contributed by atoms with van der Waals surface area (Å²) in [5.74, 6) is 0.591. The van der Waals surface area contributed by atoms with Crippen molar-refractivity contribution in [2.45, 2.75) is 24.7 Å². The van der Waals surface area contributed by atoms with Crippen LogP contribution in [0.4, 0.5) is 5.69 Å². The summed E-state index contributed by atoms with van der Waals surface area (Å²) in [6.45, 7) is 3.68. The van der Waals surface area contributed by atoms with Gasteiger partial charge < -0.3 is 4.90 Å². The number of likely N-dealkylation sites (tertiary alicyclic amines) is 1. The smallest absolute Gasteiger partial charge is 0.261 e. The molecular weight excluding hydrogens is 372 g/mol. The number of amides is 1. The summed E-state index contributed by atoms with van der Waals surface area (Å²) in [7, 11) is -3.74. The summed E-state index contributed by atoms with van der Waals surface area (Å²) >= 11 is 5.88. The topological polar surface area (TPSA) is 66.5 Å². The molecule has 0 radical (unpaired) electrons. The maximum absolute atomic E-state index is 12.5. The fraction of sp³-hybridized carbons (Fsp3) is 0.316. The van der Waals surface area contributed by atoms with Crippen LogP contribution < -0.4 is 4.72 Å². The minimum atomic E-state index is -3.74. The first kappa shape index (κ1) is 18.7. The molecule has 0 unspecified atom stereocenters. The van der Waals surface area contributed by atoms with Gasteiger partial charge in [-0.05, 0) is 61.2 Å². The fourth-order valence-corrected chi connectivity index (χ4v) is 4.18. The molecule has 26 heavy (non-hydrogen) atoms. The number of halogens is 1. The third-order valence-electron chi connectivity index (χ3n) is 4.56. The van der Waals surface area contributed by atoms with E-state index in [1.165, 1.54) is 18.2 Å². The van der Waals surface area contributed by atoms with E-state index in [0.717, 1.165) is 25.9 Å². The Bertz CT molecular complexity index is 889. The van der Waals surface area contributed by atoms with Crippen molar-refractivity contribution in [2.24, 2.45) is 5.92 Å². The van der Waals surface area contributed by atoms with E-state index in [9.17, 15) is 13.2 Å². The Morgan fingerprint density at radius 2 is 1.77 bits per heavy atom. The number of anilines is 1. The van der Waals surface area contributed by atoms with Crippen molar-refractivity contribution in [2.75, 3.05) is 17.8 Å². The minimum Gasteiger partial charge on any atom is -0.339 e. The molecule has 7 heteroatoms. The molecule has 138 valence electrons. The molecule has 1 fully saturated rings. The lowest BCUT2D eigenvalue weighted by molar-refractivity contribution is 0.0697. The minimum absolute atomic E-state index is 0.0522. The number of piperidine rings is 1. The standard InChI is InChI=1S/C19H21ClN2O3S/c1-14-9-11-22(12-10-14)19(23)15-5-7-18(8-6-15)26(24,25)21-17-4-2-3-16(20)13-17/h2-8,13-14,21H,9-12H2,1H3. The molecular formula is C19H21ClN2O3S. The second kappa shape index (κ2) is 7.68. The van der Waals surface area contributed by atoms with Gasteiger partial charge in [-0.2, -0.15) is 0 Å². The van der Waals surface area contributed by atoms with Crippen LogP contribution in [0.2, 0.25) is 5.02 Å². The summed E-state index contributed by atoms with van der Waals surface area (Å²) in [4.78, 5) is 14.5. The van der Waals surface area contributed by atoms with E-state index in [2.05, 4.69) is 11.6 Å². The van der Waals surface area contributed by atoms with Crippen molar-refractivity contribution in [3.8, 4) is 0 Å². The molecule has 1 heterocycles. The van der Waals surface area contributed by atoms with Gasteiger partial charge in [-0.25, -0.2) is 8.42 Å². The van der Waals surface area contributed by atoms with Crippen molar-refractivity contribution in [1.82, 2.24) is 4.90 Å². The SMILES string of the molecule is CC1CCN(C(=O)c2ccc(S(=O)(=O)Nc3cccc(Cl)c3)cc2)CC1. The summed E-state index contributed by atoms with van der Waals surface area (Å²) < 4.78 is 27.4. The molecule has 1 saturated heterocycles. The maximum atomic E-state index is 12.5. The lowest BCUT2D eigenvalue weighted by atomic mass is 9.98. The number of nitrogens with zero attached hydrogens (tertiary/aromatic N) is 1. The van der Waals surface area contributed by atoms with Crippen molar-refractivity contribution in [3.05, 3.63) is 59.1 Å². The molecule has 2 aromatic carbocycles. The normalized spacial score (nSPS) is 15.7.